The van der Waals surface area contributed by atoms with E-state index < -0.39 is 17.6 Å². The normalized spacial score (nSPS) is 18.7. The standard InChI is InChI=1S/C19H21N5O4S/c1-19(2)10-24(9-12(28-19)8-15(20)25)18(26)21-17-23-22-16(29-17)14-7-11-5-3-4-6-13(11)27-14/h3-7,12H,8-10H2,1-2H3,(H2,20,25)(H,21,23,26). The Balaban J connectivity index is 1.46. The lowest BCUT2D eigenvalue weighted by Gasteiger charge is -2.42. The van der Waals surface area contributed by atoms with Gasteiger partial charge < -0.3 is 19.8 Å². The largest absolute Gasteiger partial charge is 0.453 e. The van der Waals surface area contributed by atoms with Crippen molar-refractivity contribution in [1.82, 2.24) is 15.1 Å². The van der Waals surface area contributed by atoms with Crippen molar-refractivity contribution in [3.05, 3.63) is 30.3 Å². The van der Waals surface area contributed by atoms with E-state index in [-0.39, 0.29) is 19.0 Å². The van der Waals surface area contributed by atoms with Crippen LogP contribution in [0.3, 0.4) is 0 Å². The zero-order chi connectivity index (χ0) is 20.6. The lowest BCUT2D eigenvalue weighted by Crippen LogP contribution is -2.56. The number of anilines is 1. The van der Waals surface area contributed by atoms with E-state index in [2.05, 4.69) is 15.5 Å². The number of carbonyl (C=O) groups excluding carboxylic acids is 2. The molecule has 0 saturated carbocycles. The number of hydrogen-bond acceptors (Lipinski definition) is 7. The number of para-hydroxylation sites is 1. The predicted molar refractivity (Wildman–Crippen MR) is 108 cm³/mol. The minimum Gasteiger partial charge on any atom is -0.453 e. The molecule has 10 heteroatoms. The summed E-state index contributed by atoms with van der Waals surface area (Å²) in [7, 11) is 0. The summed E-state index contributed by atoms with van der Waals surface area (Å²) in [5.74, 6) is 0.130. The third-order valence-electron chi connectivity index (χ3n) is 4.47. The van der Waals surface area contributed by atoms with Gasteiger partial charge in [0.2, 0.25) is 11.0 Å². The fourth-order valence-corrected chi connectivity index (χ4v) is 4.10. The number of aromatic nitrogens is 2. The first-order chi connectivity index (χ1) is 13.8. The highest BCUT2D eigenvalue weighted by Gasteiger charge is 2.36. The average Bonchev–Trinajstić information content (AvgIpc) is 3.26. The highest BCUT2D eigenvalue weighted by Crippen LogP contribution is 2.31. The number of amides is 3. The van der Waals surface area contributed by atoms with Crippen molar-refractivity contribution < 1.29 is 18.7 Å². The molecule has 3 aromatic rings. The van der Waals surface area contributed by atoms with Crippen LogP contribution in [-0.4, -0.2) is 51.8 Å². The Hall–Kier alpha value is -2.98. The van der Waals surface area contributed by atoms with Crippen molar-refractivity contribution in [2.75, 3.05) is 18.4 Å². The molecule has 29 heavy (non-hydrogen) atoms. The molecule has 1 aliphatic heterocycles. The maximum Gasteiger partial charge on any atom is 0.323 e. The van der Waals surface area contributed by atoms with E-state index in [1.54, 1.807) is 4.90 Å². The summed E-state index contributed by atoms with van der Waals surface area (Å²) >= 11 is 1.22. The Morgan fingerprint density at radius 1 is 1.34 bits per heavy atom. The number of nitrogens with one attached hydrogen (secondary N) is 1. The lowest BCUT2D eigenvalue weighted by molar-refractivity contribution is -0.139. The maximum absolute atomic E-state index is 12.7. The predicted octanol–water partition coefficient (Wildman–Crippen LogP) is 2.84. The molecular weight excluding hydrogens is 394 g/mol. The summed E-state index contributed by atoms with van der Waals surface area (Å²) in [4.78, 5) is 25.6. The van der Waals surface area contributed by atoms with Crippen LogP contribution in [0.5, 0.6) is 0 Å². The third kappa shape index (κ3) is 4.38. The van der Waals surface area contributed by atoms with E-state index >= 15 is 0 Å². The Kier molecular flexibility index (Phi) is 4.97. The van der Waals surface area contributed by atoms with E-state index in [1.165, 1.54) is 11.3 Å². The van der Waals surface area contributed by atoms with Gasteiger partial charge in [0.25, 0.3) is 0 Å². The summed E-state index contributed by atoms with van der Waals surface area (Å²) in [6.07, 6.45) is -0.384. The van der Waals surface area contributed by atoms with Gasteiger partial charge in [-0.1, -0.05) is 29.5 Å². The number of rotatable bonds is 4. The van der Waals surface area contributed by atoms with Gasteiger partial charge in [0.1, 0.15) is 5.58 Å². The van der Waals surface area contributed by atoms with Crippen LogP contribution in [0.1, 0.15) is 20.3 Å². The highest BCUT2D eigenvalue weighted by molar-refractivity contribution is 7.18. The number of nitrogens with zero attached hydrogens (tertiary/aromatic N) is 3. The van der Waals surface area contributed by atoms with E-state index in [1.807, 2.05) is 44.2 Å². The van der Waals surface area contributed by atoms with E-state index in [4.69, 9.17) is 14.9 Å². The molecule has 2 aromatic heterocycles. The molecule has 1 atom stereocenters. The van der Waals surface area contributed by atoms with Gasteiger partial charge in [-0.3, -0.25) is 10.1 Å². The molecule has 1 saturated heterocycles. The molecule has 0 spiro atoms. The van der Waals surface area contributed by atoms with Crippen LogP contribution in [0.4, 0.5) is 9.93 Å². The van der Waals surface area contributed by atoms with Gasteiger partial charge >= 0.3 is 6.03 Å². The van der Waals surface area contributed by atoms with Crippen LogP contribution in [0.15, 0.2) is 34.7 Å². The van der Waals surface area contributed by atoms with Crippen LogP contribution >= 0.6 is 11.3 Å². The molecular formula is C19H21N5O4S. The van der Waals surface area contributed by atoms with Gasteiger partial charge in [0, 0.05) is 11.9 Å². The van der Waals surface area contributed by atoms with Crippen molar-refractivity contribution in [3.63, 3.8) is 0 Å². The van der Waals surface area contributed by atoms with Gasteiger partial charge in [-0.2, -0.15) is 0 Å². The molecule has 1 fully saturated rings. The average molecular weight is 415 g/mol. The first-order valence-corrected chi connectivity index (χ1v) is 9.95. The van der Waals surface area contributed by atoms with Gasteiger partial charge in [0.05, 0.1) is 24.7 Å². The van der Waals surface area contributed by atoms with Gasteiger partial charge in [-0.15, -0.1) is 10.2 Å². The molecule has 3 amide bonds. The summed E-state index contributed by atoms with van der Waals surface area (Å²) in [5.41, 5.74) is 5.46. The highest BCUT2D eigenvalue weighted by atomic mass is 32.1. The Bertz CT molecular complexity index is 1030. The molecule has 4 rings (SSSR count). The molecule has 1 unspecified atom stereocenters. The van der Waals surface area contributed by atoms with E-state index in [0.717, 1.165) is 11.0 Å². The Morgan fingerprint density at radius 2 is 2.14 bits per heavy atom. The van der Waals surface area contributed by atoms with E-state index in [0.29, 0.717) is 22.4 Å². The number of urea groups is 1. The Morgan fingerprint density at radius 3 is 2.90 bits per heavy atom. The van der Waals surface area contributed by atoms with Crippen LogP contribution < -0.4 is 11.1 Å². The van der Waals surface area contributed by atoms with Crippen LogP contribution in [0.25, 0.3) is 21.7 Å². The maximum atomic E-state index is 12.7. The first-order valence-electron chi connectivity index (χ1n) is 9.13. The second kappa shape index (κ2) is 7.45. The number of nitrogens with two attached hydrogens (primary N) is 1. The van der Waals surface area contributed by atoms with Crippen LogP contribution in [0.2, 0.25) is 0 Å². The monoisotopic (exact) mass is 415 g/mol. The summed E-state index contributed by atoms with van der Waals surface area (Å²) in [6.45, 7) is 4.38. The van der Waals surface area contributed by atoms with Gasteiger partial charge in [-0.25, -0.2) is 4.79 Å². The molecule has 152 valence electrons. The van der Waals surface area contributed by atoms with Crippen molar-refractivity contribution >= 4 is 39.4 Å². The van der Waals surface area contributed by atoms with Crippen molar-refractivity contribution in [3.8, 4) is 10.8 Å². The second-order valence-electron chi connectivity index (χ2n) is 7.54. The quantitative estimate of drug-likeness (QED) is 0.675. The zero-order valence-corrected chi connectivity index (χ0v) is 16.9. The number of furan rings is 1. The smallest absolute Gasteiger partial charge is 0.323 e. The first kappa shape index (κ1) is 19.3. The number of carbonyl (C=O) groups is 2. The number of hydrogen-bond donors (Lipinski definition) is 2. The third-order valence-corrected chi connectivity index (χ3v) is 5.33. The summed E-state index contributed by atoms with van der Waals surface area (Å²) in [5, 5.41) is 12.8. The number of ether oxygens (including phenoxy) is 1. The summed E-state index contributed by atoms with van der Waals surface area (Å²) < 4.78 is 11.6. The minimum atomic E-state index is -0.587. The Labute approximate surface area is 170 Å². The molecule has 9 nitrogen and oxygen atoms in total. The number of morpholine rings is 1. The second-order valence-corrected chi connectivity index (χ2v) is 8.52. The minimum absolute atomic E-state index is 0.0578. The van der Waals surface area contributed by atoms with Crippen LogP contribution in [-0.2, 0) is 9.53 Å². The number of fused-ring (bicyclic) bond motifs is 1. The van der Waals surface area contributed by atoms with Crippen LogP contribution in [0, 0.1) is 0 Å². The lowest BCUT2D eigenvalue weighted by atomic mass is 10.0. The van der Waals surface area contributed by atoms with E-state index in [9.17, 15) is 9.59 Å². The summed E-state index contributed by atoms with van der Waals surface area (Å²) in [6, 6.07) is 9.22. The van der Waals surface area contributed by atoms with Crippen molar-refractivity contribution in [1.29, 1.82) is 0 Å². The number of benzene rings is 1. The molecule has 0 aliphatic carbocycles. The molecule has 0 radical (unpaired) electrons. The zero-order valence-electron chi connectivity index (χ0n) is 16.0. The van der Waals surface area contributed by atoms with Gasteiger partial charge in [-0.05, 0) is 26.0 Å². The molecule has 0 bridgehead atoms. The molecule has 1 aromatic carbocycles. The SMILES string of the molecule is CC1(C)CN(C(=O)Nc2nnc(-c3cc4ccccc4o3)s2)CC(CC(N)=O)O1. The van der Waals surface area contributed by atoms with Gasteiger partial charge in [0.15, 0.2) is 10.8 Å². The van der Waals surface area contributed by atoms with Crippen molar-refractivity contribution in [2.24, 2.45) is 5.73 Å². The number of primary amides is 1. The fourth-order valence-electron chi connectivity index (χ4n) is 3.41. The van der Waals surface area contributed by atoms with Crippen molar-refractivity contribution in [2.45, 2.75) is 32.0 Å². The fraction of sp³-hybridized carbons (Fsp3) is 0.368. The molecule has 3 N–H and O–H groups in total. The molecule has 3 heterocycles. The molecule has 1 aliphatic rings. The topological polar surface area (TPSA) is 124 Å².